The maximum Gasteiger partial charge on any atom is 0.257 e. The summed E-state index contributed by atoms with van der Waals surface area (Å²) < 4.78 is 52.4. The molecule has 36 heavy (non-hydrogen) atoms. The van der Waals surface area contributed by atoms with Crippen LogP contribution in [-0.4, -0.2) is 78.4 Å². The number of halogens is 3. The summed E-state index contributed by atoms with van der Waals surface area (Å²) in [5.41, 5.74) is -0.407. The van der Waals surface area contributed by atoms with Crippen molar-refractivity contribution in [2.24, 2.45) is 0 Å². The van der Waals surface area contributed by atoms with Crippen LogP contribution in [0.1, 0.15) is 15.9 Å². The van der Waals surface area contributed by atoms with E-state index in [0.717, 1.165) is 0 Å². The number of carbonyl (C=O) groups excluding carboxylic acids is 1. The Bertz CT molecular complexity index is 1420. The number of morpholine rings is 1. The number of hydrogen-bond donors (Lipinski definition) is 2. The van der Waals surface area contributed by atoms with Crippen molar-refractivity contribution < 1.29 is 27.8 Å². The molecule has 1 fully saturated rings. The summed E-state index contributed by atoms with van der Waals surface area (Å²) in [5.74, 6) is -4.47. The third-order valence-electron chi connectivity index (χ3n) is 5.68. The van der Waals surface area contributed by atoms with E-state index >= 15 is 4.39 Å². The number of ether oxygens (including phenoxy) is 1. The summed E-state index contributed by atoms with van der Waals surface area (Å²) in [6, 6.07) is 0.578. The van der Waals surface area contributed by atoms with Crippen LogP contribution in [0.3, 0.4) is 0 Å². The summed E-state index contributed by atoms with van der Waals surface area (Å²) in [4.78, 5) is 22.7. The first-order chi connectivity index (χ1) is 17.4. The molecule has 2 N–H and O–H groups in total. The summed E-state index contributed by atoms with van der Waals surface area (Å²) in [7, 11) is 0. The molecule has 0 atom stereocenters. The summed E-state index contributed by atoms with van der Waals surface area (Å²) in [5, 5.41) is 20.6. The Morgan fingerprint density at radius 2 is 1.92 bits per heavy atom. The molecule has 4 aromatic rings. The van der Waals surface area contributed by atoms with Crippen molar-refractivity contribution in [2.75, 3.05) is 38.2 Å². The van der Waals surface area contributed by atoms with Crippen LogP contribution in [-0.2, 0) is 17.8 Å². The third-order valence-corrected chi connectivity index (χ3v) is 5.68. The molecule has 188 valence electrons. The van der Waals surface area contributed by atoms with E-state index < -0.39 is 41.0 Å². The van der Waals surface area contributed by atoms with Gasteiger partial charge in [-0.25, -0.2) is 22.8 Å². The Morgan fingerprint density at radius 3 is 2.69 bits per heavy atom. The molecule has 3 aromatic heterocycles. The number of anilines is 2. The van der Waals surface area contributed by atoms with E-state index in [0.29, 0.717) is 23.7 Å². The average Bonchev–Trinajstić information content (AvgIpc) is 3.50. The normalized spacial score (nSPS) is 13.9. The van der Waals surface area contributed by atoms with Crippen molar-refractivity contribution in [3.05, 3.63) is 59.4 Å². The zero-order valence-corrected chi connectivity index (χ0v) is 18.9. The van der Waals surface area contributed by atoms with Crippen LogP contribution in [0, 0.1) is 17.5 Å². The highest BCUT2D eigenvalue weighted by Gasteiger charge is 2.27. The molecular weight excluding hydrogens is 481 g/mol. The van der Waals surface area contributed by atoms with Gasteiger partial charge in [0, 0.05) is 31.0 Å². The molecule has 4 heterocycles. The summed E-state index contributed by atoms with van der Waals surface area (Å²) in [6.45, 7) is 0.741. The molecule has 5 rings (SSSR count). The van der Waals surface area contributed by atoms with E-state index in [9.17, 15) is 13.6 Å². The minimum atomic E-state index is -1.40. The lowest BCUT2D eigenvalue weighted by Gasteiger charge is -2.27. The number of nitrogens with one attached hydrogen (secondary N) is 1. The zero-order chi connectivity index (χ0) is 25.2. The molecule has 0 saturated carbocycles. The van der Waals surface area contributed by atoms with E-state index in [4.69, 9.17) is 9.84 Å². The van der Waals surface area contributed by atoms with Gasteiger partial charge >= 0.3 is 0 Å². The fraction of sp³-hybridized carbons (Fsp3) is 0.318. The Morgan fingerprint density at radius 1 is 1.11 bits per heavy atom. The molecule has 11 nitrogen and oxygen atoms in total. The molecule has 1 aliphatic heterocycles. The molecule has 0 spiro atoms. The van der Waals surface area contributed by atoms with Crippen LogP contribution in [0.15, 0.2) is 30.9 Å². The van der Waals surface area contributed by atoms with E-state index in [2.05, 4.69) is 25.5 Å². The number of carbonyl (C=O) groups is 1. The van der Waals surface area contributed by atoms with Crippen molar-refractivity contribution in [1.82, 2.24) is 34.4 Å². The first-order valence-electron chi connectivity index (χ1n) is 11.1. The maximum absolute atomic E-state index is 15.3. The van der Waals surface area contributed by atoms with Gasteiger partial charge in [-0.05, 0) is 6.07 Å². The Hall–Kier alpha value is -4.04. The van der Waals surface area contributed by atoms with Gasteiger partial charge in [-0.15, -0.1) is 0 Å². The van der Waals surface area contributed by atoms with Crippen molar-refractivity contribution >= 4 is 28.6 Å². The Labute approximate surface area is 202 Å². The highest BCUT2D eigenvalue weighted by Crippen LogP contribution is 2.24. The van der Waals surface area contributed by atoms with Gasteiger partial charge in [-0.2, -0.15) is 15.2 Å². The number of benzene rings is 1. The topological polar surface area (TPSA) is 123 Å². The second kappa shape index (κ2) is 9.91. The fourth-order valence-corrected chi connectivity index (χ4v) is 3.86. The smallest absolute Gasteiger partial charge is 0.257 e. The van der Waals surface area contributed by atoms with Crippen molar-refractivity contribution in [2.45, 2.75) is 13.1 Å². The van der Waals surface area contributed by atoms with Crippen molar-refractivity contribution in [3.63, 3.8) is 0 Å². The van der Waals surface area contributed by atoms with E-state index in [1.807, 2.05) is 0 Å². The van der Waals surface area contributed by atoms with Crippen molar-refractivity contribution in [1.29, 1.82) is 0 Å². The van der Waals surface area contributed by atoms with Crippen LogP contribution >= 0.6 is 0 Å². The number of aromatic nitrogens is 6. The van der Waals surface area contributed by atoms with Gasteiger partial charge in [0.1, 0.15) is 5.82 Å². The van der Waals surface area contributed by atoms with E-state index in [-0.39, 0.29) is 44.5 Å². The molecule has 1 aromatic carbocycles. The monoisotopic (exact) mass is 502 g/mol. The van der Waals surface area contributed by atoms with Crippen LogP contribution in [0.4, 0.5) is 24.8 Å². The number of aliphatic hydroxyl groups excluding tert-OH is 1. The van der Waals surface area contributed by atoms with E-state index in [1.54, 1.807) is 6.20 Å². The van der Waals surface area contributed by atoms with Gasteiger partial charge in [-0.3, -0.25) is 9.48 Å². The molecule has 1 aliphatic rings. The third kappa shape index (κ3) is 4.59. The minimum Gasteiger partial charge on any atom is -0.394 e. The molecule has 0 bridgehead atoms. The SMILES string of the molecule is O=C(c1cc(F)c(F)c(Cn2ncc3cnc(Nc4cnn(CCO)c4)nc32)c1F)N1CCOCC1. The quantitative estimate of drug-likeness (QED) is 0.366. The average molecular weight is 502 g/mol. The molecule has 0 radical (unpaired) electrons. The molecule has 1 saturated heterocycles. The second-order valence-electron chi connectivity index (χ2n) is 8.03. The number of hydrogen-bond acceptors (Lipinski definition) is 8. The standard InChI is InChI=1S/C22H21F3N8O3/c23-17-7-15(21(35)31-2-5-36-6-3-31)18(24)16(19(17)25)12-33-20-13(9-28-33)8-26-22(30-20)29-14-10-27-32(11-14)1-4-34/h7-11,34H,1-6,12H2,(H,26,29,30). The minimum absolute atomic E-state index is 0.0737. The zero-order valence-electron chi connectivity index (χ0n) is 18.9. The lowest BCUT2D eigenvalue weighted by atomic mass is 10.1. The van der Waals surface area contributed by atoms with Gasteiger partial charge in [0.15, 0.2) is 17.3 Å². The van der Waals surface area contributed by atoms with Gasteiger partial charge in [0.2, 0.25) is 5.95 Å². The lowest BCUT2D eigenvalue weighted by Crippen LogP contribution is -2.41. The highest BCUT2D eigenvalue weighted by molar-refractivity contribution is 5.95. The molecule has 1 amide bonds. The fourth-order valence-electron chi connectivity index (χ4n) is 3.86. The number of amides is 1. The second-order valence-corrected chi connectivity index (χ2v) is 8.03. The Kier molecular flexibility index (Phi) is 6.52. The largest absolute Gasteiger partial charge is 0.394 e. The van der Waals surface area contributed by atoms with Gasteiger partial charge < -0.3 is 20.1 Å². The highest BCUT2D eigenvalue weighted by atomic mass is 19.2. The predicted molar refractivity (Wildman–Crippen MR) is 120 cm³/mol. The first-order valence-corrected chi connectivity index (χ1v) is 11.1. The first kappa shape index (κ1) is 23.7. The summed E-state index contributed by atoms with van der Waals surface area (Å²) in [6.07, 6.45) is 6.04. The van der Waals surface area contributed by atoms with Crippen LogP contribution in [0.25, 0.3) is 11.0 Å². The number of nitrogens with zero attached hydrogens (tertiary/aromatic N) is 7. The molecule has 0 unspecified atom stereocenters. The van der Waals surface area contributed by atoms with Crippen LogP contribution in [0.5, 0.6) is 0 Å². The molecular formula is C22H21F3N8O3. The number of fused-ring (bicyclic) bond motifs is 1. The summed E-state index contributed by atoms with van der Waals surface area (Å²) >= 11 is 0. The van der Waals surface area contributed by atoms with Gasteiger partial charge in [0.05, 0.1) is 61.9 Å². The molecule has 14 heteroatoms. The molecule has 0 aliphatic carbocycles. The maximum atomic E-state index is 15.3. The predicted octanol–water partition coefficient (Wildman–Crippen LogP) is 1.70. The van der Waals surface area contributed by atoms with Gasteiger partial charge in [0.25, 0.3) is 5.91 Å². The van der Waals surface area contributed by atoms with Gasteiger partial charge in [-0.1, -0.05) is 0 Å². The number of rotatable bonds is 7. The Balaban J connectivity index is 1.45. The van der Waals surface area contributed by atoms with Crippen LogP contribution in [0.2, 0.25) is 0 Å². The van der Waals surface area contributed by atoms with Crippen molar-refractivity contribution in [3.8, 4) is 0 Å². The van der Waals surface area contributed by atoms with E-state index in [1.165, 1.54) is 32.9 Å². The number of aliphatic hydroxyl groups is 1. The lowest BCUT2D eigenvalue weighted by molar-refractivity contribution is 0.0299. The van der Waals surface area contributed by atoms with Crippen LogP contribution < -0.4 is 5.32 Å².